The number of ketones is 1. The molecule has 0 aliphatic rings. The first-order valence-corrected chi connectivity index (χ1v) is 4.11. The van der Waals surface area contributed by atoms with Gasteiger partial charge < -0.3 is 0 Å². The highest BCUT2D eigenvalue weighted by Crippen LogP contribution is 2.15. The molecule has 0 aliphatic carbocycles. The van der Waals surface area contributed by atoms with Crippen LogP contribution >= 0.6 is 0 Å². The third kappa shape index (κ3) is 1.69. The van der Waals surface area contributed by atoms with E-state index >= 15 is 0 Å². The van der Waals surface area contributed by atoms with Gasteiger partial charge in [-0.1, -0.05) is 0 Å². The average molecular weight is 187 g/mol. The van der Waals surface area contributed by atoms with E-state index < -0.39 is 0 Å². The summed E-state index contributed by atoms with van der Waals surface area (Å²) in [5.41, 5.74) is 1.73. The summed E-state index contributed by atoms with van der Waals surface area (Å²) in [5.74, 6) is -0.110. The minimum atomic E-state index is -0.110. The van der Waals surface area contributed by atoms with Crippen LogP contribution in [0.4, 0.5) is 0 Å². The fourth-order valence-electron chi connectivity index (χ4n) is 1.26. The van der Waals surface area contributed by atoms with Gasteiger partial charge in [0.2, 0.25) is 0 Å². The number of aryl methyl sites for hydroxylation is 1. The number of nitrogens with zero attached hydrogens (tertiary/aromatic N) is 1. The zero-order valence-electron chi connectivity index (χ0n) is 8.00. The van der Waals surface area contributed by atoms with Gasteiger partial charge in [0, 0.05) is 11.1 Å². The number of Topliss-reactive ketones (excluding diaryl/α,β-unsaturated/α-hetero) is 1. The molecular weight excluding hydrogens is 178 g/mol. The molecule has 0 saturated heterocycles. The van der Waals surface area contributed by atoms with E-state index in [2.05, 4.69) is 0 Å². The number of carbonyl (C=O) groups is 2. The summed E-state index contributed by atoms with van der Waals surface area (Å²) in [4.78, 5) is 21.7. The molecule has 0 heterocycles. The molecule has 0 unspecified atom stereocenters. The van der Waals surface area contributed by atoms with Crippen LogP contribution < -0.4 is 0 Å². The topological polar surface area (TPSA) is 57.9 Å². The summed E-state index contributed by atoms with van der Waals surface area (Å²) >= 11 is 0. The van der Waals surface area contributed by atoms with Crippen molar-refractivity contribution < 1.29 is 9.59 Å². The summed E-state index contributed by atoms with van der Waals surface area (Å²) < 4.78 is 0. The van der Waals surface area contributed by atoms with Crippen LogP contribution in [0.2, 0.25) is 0 Å². The molecule has 0 fully saturated rings. The zero-order valence-corrected chi connectivity index (χ0v) is 8.00. The highest BCUT2D eigenvalue weighted by molar-refractivity contribution is 5.96. The number of carbonyl (C=O) groups excluding carboxylic acids is 2. The van der Waals surface area contributed by atoms with Gasteiger partial charge >= 0.3 is 0 Å². The number of benzene rings is 1. The highest BCUT2D eigenvalue weighted by atomic mass is 16.1. The molecule has 0 N–H and O–H groups in total. The van der Waals surface area contributed by atoms with Crippen LogP contribution in [0.5, 0.6) is 0 Å². The monoisotopic (exact) mass is 187 g/mol. The van der Waals surface area contributed by atoms with E-state index in [0.717, 1.165) is 0 Å². The molecule has 0 spiro atoms. The molecule has 3 heteroatoms. The Bertz CT molecular complexity index is 441. The summed E-state index contributed by atoms with van der Waals surface area (Å²) in [6.07, 6.45) is 0.595. The van der Waals surface area contributed by atoms with Gasteiger partial charge in [-0.05, 0) is 31.5 Å². The largest absolute Gasteiger partial charge is 0.298 e. The second-order valence-corrected chi connectivity index (χ2v) is 3.04. The normalized spacial score (nSPS) is 9.21. The van der Waals surface area contributed by atoms with E-state index in [1.165, 1.54) is 13.0 Å². The van der Waals surface area contributed by atoms with Crippen molar-refractivity contribution >= 4 is 12.1 Å². The van der Waals surface area contributed by atoms with Crippen molar-refractivity contribution in [3.63, 3.8) is 0 Å². The second kappa shape index (κ2) is 3.84. The Morgan fingerprint density at radius 3 is 2.57 bits per heavy atom. The maximum absolute atomic E-state index is 11.1. The molecule has 3 nitrogen and oxygen atoms in total. The first-order valence-electron chi connectivity index (χ1n) is 4.11. The Morgan fingerprint density at radius 2 is 2.14 bits per heavy atom. The minimum absolute atomic E-state index is 0.110. The highest BCUT2D eigenvalue weighted by Gasteiger charge is 2.09. The molecule has 1 aromatic rings. The van der Waals surface area contributed by atoms with E-state index in [0.29, 0.717) is 23.0 Å². The van der Waals surface area contributed by atoms with Gasteiger partial charge in [-0.25, -0.2) is 0 Å². The van der Waals surface area contributed by atoms with Crippen LogP contribution in [0, 0.1) is 18.3 Å². The van der Waals surface area contributed by atoms with Crippen molar-refractivity contribution in [2.24, 2.45) is 0 Å². The molecule has 14 heavy (non-hydrogen) atoms. The van der Waals surface area contributed by atoms with Crippen molar-refractivity contribution in [1.82, 2.24) is 0 Å². The number of aldehydes is 1. The summed E-state index contributed by atoms with van der Waals surface area (Å²) in [7, 11) is 0. The third-order valence-corrected chi connectivity index (χ3v) is 2.01. The number of hydrogen-bond donors (Lipinski definition) is 0. The van der Waals surface area contributed by atoms with Gasteiger partial charge in [0.25, 0.3) is 0 Å². The van der Waals surface area contributed by atoms with Crippen LogP contribution in [0.25, 0.3) is 0 Å². The van der Waals surface area contributed by atoms with Crippen molar-refractivity contribution in [3.8, 4) is 6.07 Å². The summed E-state index contributed by atoms with van der Waals surface area (Å²) in [5, 5.41) is 8.77. The summed E-state index contributed by atoms with van der Waals surface area (Å²) in [6.45, 7) is 3.13. The minimum Gasteiger partial charge on any atom is -0.298 e. The van der Waals surface area contributed by atoms with E-state index in [-0.39, 0.29) is 11.3 Å². The van der Waals surface area contributed by atoms with E-state index in [4.69, 9.17) is 5.26 Å². The maximum Gasteiger partial charge on any atom is 0.159 e. The molecule has 0 aromatic heterocycles. The van der Waals surface area contributed by atoms with E-state index in [1.54, 1.807) is 13.0 Å². The fourth-order valence-corrected chi connectivity index (χ4v) is 1.26. The molecule has 70 valence electrons. The number of nitriles is 1. The van der Waals surface area contributed by atoms with Gasteiger partial charge in [-0.2, -0.15) is 5.26 Å². The Balaban J connectivity index is 3.48. The molecule has 0 aliphatic heterocycles. The predicted octanol–water partition coefficient (Wildman–Crippen LogP) is 1.88. The van der Waals surface area contributed by atoms with Crippen LogP contribution in [0.3, 0.4) is 0 Å². The van der Waals surface area contributed by atoms with Gasteiger partial charge in [-0.15, -0.1) is 0 Å². The molecule has 0 amide bonds. The number of hydrogen-bond acceptors (Lipinski definition) is 3. The Hall–Kier alpha value is -1.95. The molecular formula is C11H9NO2. The lowest BCUT2D eigenvalue weighted by Crippen LogP contribution is -1.99. The number of rotatable bonds is 2. The van der Waals surface area contributed by atoms with Crippen molar-refractivity contribution in [2.45, 2.75) is 13.8 Å². The van der Waals surface area contributed by atoms with Crippen molar-refractivity contribution in [2.75, 3.05) is 0 Å². The Morgan fingerprint density at radius 1 is 1.50 bits per heavy atom. The van der Waals surface area contributed by atoms with Crippen molar-refractivity contribution in [1.29, 1.82) is 5.26 Å². The van der Waals surface area contributed by atoms with Crippen LogP contribution in [0.1, 0.15) is 38.8 Å². The van der Waals surface area contributed by atoms with Gasteiger partial charge in [0.15, 0.2) is 12.1 Å². The Labute approximate surface area is 82.0 Å². The quantitative estimate of drug-likeness (QED) is 0.524. The molecule has 0 atom stereocenters. The zero-order chi connectivity index (χ0) is 10.7. The molecule has 1 rings (SSSR count). The average Bonchev–Trinajstić information content (AvgIpc) is 2.16. The second-order valence-electron chi connectivity index (χ2n) is 3.04. The fraction of sp³-hybridized carbons (Fsp3) is 0.182. The first kappa shape index (κ1) is 10.1. The lowest BCUT2D eigenvalue weighted by Gasteiger charge is -2.03. The van der Waals surface area contributed by atoms with Crippen LogP contribution in [-0.4, -0.2) is 12.1 Å². The lowest BCUT2D eigenvalue weighted by molar-refractivity contribution is 0.101. The smallest absolute Gasteiger partial charge is 0.159 e. The van der Waals surface area contributed by atoms with Crippen molar-refractivity contribution in [3.05, 3.63) is 34.4 Å². The summed E-state index contributed by atoms with van der Waals surface area (Å²) in [6, 6.07) is 5.00. The van der Waals surface area contributed by atoms with Crippen LogP contribution in [0.15, 0.2) is 12.1 Å². The van der Waals surface area contributed by atoms with Gasteiger partial charge in [0.05, 0.1) is 5.56 Å². The van der Waals surface area contributed by atoms with Crippen LogP contribution in [-0.2, 0) is 0 Å². The molecule has 1 aromatic carbocycles. The lowest BCUT2D eigenvalue weighted by atomic mass is 9.98. The molecule has 0 radical (unpaired) electrons. The standard InChI is InChI=1S/C11H9NO2/c1-7-3-9(8(2)14)4-10(6-13)11(7)5-12/h3-4,6H,1-2H3. The van der Waals surface area contributed by atoms with E-state index in [9.17, 15) is 9.59 Å². The molecule has 0 bridgehead atoms. The SMILES string of the molecule is CC(=O)c1cc(C)c(C#N)c(C=O)c1. The van der Waals surface area contributed by atoms with Gasteiger partial charge in [-0.3, -0.25) is 9.59 Å². The Kier molecular flexibility index (Phi) is 2.78. The van der Waals surface area contributed by atoms with E-state index in [1.807, 2.05) is 6.07 Å². The predicted molar refractivity (Wildman–Crippen MR) is 51.3 cm³/mol. The maximum atomic E-state index is 11.1. The molecule has 0 saturated carbocycles. The first-order chi connectivity index (χ1) is 6.60. The third-order valence-electron chi connectivity index (χ3n) is 2.01. The van der Waals surface area contributed by atoms with Gasteiger partial charge in [0.1, 0.15) is 6.07 Å².